The minimum atomic E-state index is -0.0455. The molecule has 2 heterocycles. The van der Waals surface area contributed by atoms with E-state index in [-0.39, 0.29) is 11.6 Å². The summed E-state index contributed by atoms with van der Waals surface area (Å²) in [6.45, 7) is 2.75. The number of hydrogen-bond donors (Lipinski definition) is 0. The SMILES string of the molecule is CC[C@@H](Cn1ccnc1)n1cnc2c(OC)cccc2c1=O. The Labute approximate surface area is 128 Å². The van der Waals surface area contributed by atoms with Gasteiger partial charge in [-0.15, -0.1) is 0 Å². The van der Waals surface area contributed by atoms with Gasteiger partial charge in [0.1, 0.15) is 11.3 Å². The van der Waals surface area contributed by atoms with Crippen LogP contribution in [0.3, 0.4) is 0 Å². The molecule has 0 radical (unpaired) electrons. The number of fused-ring (bicyclic) bond motifs is 1. The topological polar surface area (TPSA) is 61.9 Å². The smallest absolute Gasteiger partial charge is 0.261 e. The molecule has 0 bridgehead atoms. The summed E-state index contributed by atoms with van der Waals surface area (Å²) in [5, 5.41) is 0.575. The molecule has 22 heavy (non-hydrogen) atoms. The maximum absolute atomic E-state index is 12.8. The molecule has 0 aliphatic heterocycles. The van der Waals surface area contributed by atoms with Crippen LogP contribution < -0.4 is 10.3 Å². The molecule has 3 aromatic rings. The standard InChI is InChI=1S/C16H18N4O2/c1-3-12(9-19-8-7-17-10-19)20-11-18-15-13(16(20)21)5-4-6-14(15)22-2/h4-8,10-12H,3,9H2,1-2H3/t12-/m0/s1. The summed E-state index contributed by atoms with van der Waals surface area (Å²) >= 11 is 0. The average Bonchev–Trinajstić information content (AvgIpc) is 3.06. The fourth-order valence-corrected chi connectivity index (χ4v) is 2.62. The second kappa shape index (κ2) is 6.01. The first kappa shape index (κ1) is 14.3. The van der Waals surface area contributed by atoms with Crippen LogP contribution >= 0.6 is 0 Å². The van der Waals surface area contributed by atoms with Crippen LogP contribution in [-0.4, -0.2) is 26.2 Å². The van der Waals surface area contributed by atoms with Crippen LogP contribution in [0, 0.1) is 0 Å². The fourth-order valence-electron chi connectivity index (χ4n) is 2.62. The van der Waals surface area contributed by atoms with Crippen molar-refractivity contribution < 1.29 is 4.74 Å². The highest BCUT2D eigenvalue weighted by atomic mass is 16.5. The highest BCUT2D eigenvalue weighted by Gasteiger charge is 2.15. The number of methoxy groups -OCH3 is 1. The van der Waals surface area contributed by atoms with E-state index in [1.807, 2.05) is 22.9 Å². The Kier molecular flexibility index (Phi) is 3.91. The molecule has 114 valence electrons. The van der Waals surface area contributed by atoms with E-state index in [0.29, 0.717) is 23.2 Å². The molecule has 0 aliphatic rings. The van der Waals surface area contributed by atoms with Gasteiger partial charge in [0.15, 0.2) is 0 Å². The molecular formula is C16H18N4O2. The number of hydrogen-bond acceptors (Lipinski definition) is 4. The van der Waals surface area contributed by atoms with Gasteiger partial charge >= 0.3 is 0 Å². The average molecular weight is 298 g/mol. The Hall–Kier alpha value is -2.63. The molecule has 3 rings (SSSR count). The maximum Gasteiger partial charge on any atom is 0.261 e. The predicted octanol–water partition coefficient (Wildman–Crippen LogP) is 2.25. The van der Waals surface area contributed by atoms with E-state index in [1.165, 1.54) is 0 Å². The normalized spacial score (nSPS) is 12.5. The lowest BCUT2D eigenvalue weighted by Gasteiger charge is -2.19. The lowest BCUT2D eigenvalue weighted by molar-refractivity contribution is 0.403. The maximum atomic E-state index is 12.8. The van der Waals surface area contributed by atoms with Gasteiger partial charge in [0, 0.05) is 18.9 Å². The van der Waals surface area contributed by atoms with Crippen molar-refractivity contribution in [1.82, 2.24) is 19.1 Å². The number of benzene rings is 1. The third-order valence-corrected chi connectivity index (χ3v) is 3.84. The molecule has 6 nitrogen and oxygen atoms in total. The third kappa shape index (κ3) is 2.47. The zero-order valence-electron chi connectivity index (χ0n) is 12.6. The molecule has 0 spiro atoms. The van der Waals surface area contributed by atoms with Crippen LogP contribution in [-0.2, 0) is 6.54 Å². The first-order chi connectivity index (χ1) is 10.7. The number of nitrogens with zero attached hydrogens (tertiary/aromatic N) is 4. The number of imidazole rings is 1. The van der Waals surface area contributed by atoms with Gasteiger partial charge in [-0.3, -0.25) is 9.36 Å². The van der Waals surface area contributed by atoms with Crippen molar-refractivity contribution >= 4 is 10.9 Å². The van der Waals surface area contributed by atoms with Crippen molar-refractivity contribution in [3.8, 4) is 5.75 Å². The number of ether oxygens (including phenoxy) is 1. The Bertz CT molecular complexity index is 824. The van der Waals surface area contributed by atoms with Crippen LogP contribution in [0.4, 0.5) is 0 Å². The number of aromatic nitrogens is 4. The molecule has 1 atom stereocenters. The van der Waals surface area contributed by atoms with Crippen LogP contribution in [0.1, 0.15) is 19.4 Å². The van der Waals surface area contributed by atoms with E-state index in [1.54, 1.807) is 36.6 Å². The summed E-state index contributed by atoms with van der Waals surface area (Å²) < 4.78 is 8.94. The lowest BCUT2D eigenvalue weighted by atomic mass is 10.2. The van der Waals surface area contributed by atoms with E-state index in [2.05, 4.69) is 16.9 Å². The molecule has 2 aromatic heterocycles. The Morgan fingerprint density at radius 1 is 1.32 bits per heavy atom. The summed E-state index contributed by atoms with van der Waals surface area (Å²) in [7, 11) is 1.58. The van der Waals surface area contributed by atoms with E-state index >= 15 is 0 Å². The molecule has 0 saturated heterocycles. The van der Waals surface area contributed by atoms with E-state index in [4.69, 9.17) is 4.74 Å². The second-order valence-corrected chi connectivity index (χ2v) is 5.13. The van der Waals surface area contributed by atoms with E-state index in [9.17, 15) is 4.79 Å². The molecule has 0 N–H and O–H groups in total. The highest BCUT2D eigenvalue weighted by molar-refractivity contribution is 5.83. The van der Waals surface area contributed by atoms with Gasteiger partial charge in [-0.1, -0.05) is 13.0 Å². The molecular weight excluding hydrogens is 280 g/mol. The van der Waals surface area contributed by atoms with Crippen molar-refractivity contribution in [3.05, 3.63) is 53.6 Å². The molecule has 1 aromatic carbocycles. The van der Waals surface area contributed by atoms with Gasteiger partial charge < -0.3 is 9.30 Å². The molecule has 0 aliphatic carbocycles. The van der Waals surface area contributed by atoms with Crippen molar-refractivity contribution in [2.24, 2.45) is 0 Å². The largest absolute Gasteiger partial charge is 0.494 e. The van der Waals surface area contributed by atoms with Crippen molar-refractivity contribution in [2.45, 2.75) is 25.9 Å². The molecule has 0 unspecified atom stereocenters. The third-order valence-electron chi connectivity index (χ3n) is 3.84. The van der Waals surface area contributed by atoms with Crippen molar-refractivity contribution in [2.75, 3.05) is 7.11 Å². The fraction of sp³-hybridized carbons (Fsp3) is 0.312. The van der Waals surface area contributed by atoms with E-state index in [0.717, 1.165) is 6.42 Å². The van der Waals surface area contributed by atoms with Crippen molar-refractivity contribution in [3.63, 3.8) is 0 Å². The lowest BCUT2D eigenvalue weighted by Crippen LogP contribution is -2.27. The van der Waals surface area contributed by atoms with Crippen LogP contribution in [0.25, 0.3) is 10.9 Å². The van der Waals surface area contributed by atoms with Crippen LogP contribution in [0.5, 0.6) is 5.75 Å². The number of rotatable bonds is 5. The van der Waals surface area contributed by atoms with Gasteiger partial charge in [0.25, 0.3) is 5.56 Å². The summed E-state index contributed by atoms with van der Waals surface area (Å²) in [4.78, 5) is 21.2. The quantitative estimate of drug-likeness (QED) is 0.725. The zero-order chi connectivity index (χ0) is 15.5. The Morgan fingerprint density at radius 2 is 2.18 bits per heavy atom. The molecule has 0 amide bonds. The van der Waals surface area contributed by atoms with Crippen molar-refractivity contribution in [1.29, 1.82) is 0 Å². The Morgan fingerprint density at radius 3 is 2.86 bits per heavy atom. The Balaban J connectivity index is 2.06. The predicted molar refractivity (Wildman–Crippen MR) is 84.1 cm³/mol. The second-order valence-electron chi connectivity index (χ2n) is 5.13. The molecule has 0 saturated carbocycles. The van der Waals surface area contributed by atoms with Crippen LogP contribution in [0.2, 0.25) is 0 Å². The monoisotopic (exact) mass is 298 g/mol. The van der Waals surface area contributed by atoms with Gasteiger partial charge in [0.2, 0.25) is 0 Å². The first-order valence-corrected chi connectivity index (χ1v) is 7.24. The summed E-state index contributed by atoms with van der Waals surface area (Å²) in [6, 6.07) is 5.44. The summed E-state index contributed by atoms with van der Waals surface area (Å²) in [6.07, 6.45) is 7.82. The summed E-state index contributed by atoms with van der Waals surface area (Å²) in [5.74, 6) is 0.615. The van der Waals surface area contributed by atoms with Gasteiger partial charge in [-0.05, 0) is 18.6 Å². The summed E-state index contributed by atoms with van der Waals surface area (Å²) in [5.41, 5.74) is 0.555. The molecule has 6 heteroatoms. The van der Waals surface area contributed by atoms with Gasteiger partial charge in [0.05, 0.1) is 31.2 Å². The van der Waals surface area contributed by atoms with Crippen LogP contribution in [0.15, 0.2) is 48.0 Å². The van der Waals surface area contributed by atoms with Gasteiger partial charge in [-0.25, -0.2) is 9.97 Å². The molecule has 0 fully saturated rings. The first-order valence-electron chi connectivity index (χ1n) is 7.24. The zero-order valence-corrected chi connectivity index (χ0v) is 12.6. The minimum Gasteiger partial charge on any atom is -0.494 e. The number of para-hydroxylation sites is 1. The highest BCUT2D eigenvalue weighted by Crippen LogP contribution is 2.21. The van der Waals surface area contributed by atoms with E-state index < -0.39 is 0 Å². The minimum absolute atomic E-state index is 0.0322. The van der Waals surface area contributed by atoms with Gasteiger partial charge in [-0.2, -0.15) is 0 Å².